The van der Waals surface area contributed by atoms with Crippen LogP contribution in [0.15, 0.2) is 57.2 Å². The van der Waals surface area contributed by atoms with Crippen molar-refractivity contribution < 1.29 is 82.1 Å². The van der Waals surface area contributed by atoms with Crippen molar-refractivity contribution in [2.24, 2.45) is 16.8 Å². The maximum Gasteiger partial charge on any atom is 1.00 e. The predicted octanol–water partition coefficient (Wildman–Crippen LogP) is 1.45. The van der Waals surface area contributed by atoms with Crippen molar-refractivity contribution in [1.82, 2.24) is 0 Å². The number of fused-ring (bicyclic) bond motifs is 1. The van der Waals surface area contributed by atoms with Gasteiger partial charge in [-0.2, -0.15) is 8.42 Å². The molecule has 0 bridgehead atoms. The van der Waals surface area contributed by atoms with Crippen molar-refractivity contribution in [3.05, 3.63) is 48.0 Å². The molecule has 0 radical (unpaired) electrons. The fourth-order valence-electron chi connectivity index (χ4n) is 2.79. The fraction of sp³-hybridized carbons (Fsp3) is 0.417. The number of anilines is 1. The molecule has 1 unspecified atom stereocenters. The van der Waals surface area contributed by atoms with Gasteiger partial charge in [-0.3, -0.25) is 20.2 Å². The topological polar surface area (TPSA) is 179 Å². The summed E-state index contributed by atoms with van der Waals surface area (Å²) in [5.41, 5.74) is 5.05. The molecule has 2 aromatic rings. The first kappa shape index (κ1) is 38.1. The Morgan fingerprint density at radius 1 is 1.11 bits per heavy atom. The molecule has 0 aromatic heterocycles. The molecule has 3 rings (SSSR count). The molecule has 1 aliphatic rings. The van der Waals surface area contributed by atoms with E-state index in [4.69, 9.17) is 10.4 Å². The van der Waals surface area contributed by atoms with Gasteiger partial charge in [0.25, 0.3) is 10.1 Å². The van der Waals surface area contributed by atoms with E-state index in [0.29, 0.717) is 11.5 Å². The van der Waals surface area contributed by atoms with E-state index in [1.807, 2.05) is 34.6 Å². The van der Waals surface area contributed by atoms with Gasteiger partial charge in [0, 0.05) is 22.7 Å². The molecule has 13 heteroatoms. The van der Waals surface area contributed by atoms with Crippen molar-refractivity contribution in [2.75, 3.05) is 5.43 Å². The van der Waals surface area contributed by atoms with Gasteiger partial charge in [0.1, 0.15) is 15.9 Å². The van der Waals surface area contributed by atoms with Gasteiger partial charge in [0.2, 0.25) is 0 Å². The zero-order valence-electron chi connectivity index (χ0n) is 21.6. The van der Waals surface area contributed by atoms with Crippen LogP contribution in [0.1, 0.15) is 61.0 Å². The quantitative estimate of drug-likeness (QED) is 0.204. The Labute approximate surface area is 263 Å². The van der Waals surface area contributed by atoms with E-state index in [2.05, 4.69) is 10.4 Å². The Balaban J connectivity index is 0. The minimum atomic E-state index is -4.39. The molecule has 37 heavy (non-hydrogen) atoms. The number of carbonyl (C=O) groups is 1. The largest absolute Gasteiger partial charge is 1.00 e. The number of ketones is 1. The third kappa shape index (κ3) is 11.3. The Morgan fingerprint density at radius 3 is 1.95 bits per heavy atom. The summed E-state index contributed by atoms with van der Waals surface area (Å²) in [4.78, 5) is 14.4. The number of hydrogen-bond acceptors (Lipinski definition) is 9. The van der Waals surface area contributed by atoms with Crippen LogP contribution in [0.25, 0.3) is 0 Å². The van der Waals surface area contributed by atoms with Gasteiger partial charge < -0.3 is 9.98 Å². The van der Waals surface area contributed by atoms with Gasteiger partial charge >= 0.3 is 51.4 Å². The van der Waals surface area contributed by atoms with Crippen molar-refractivity contribution in [3.63, 3.8) is 0 Å². The first-order valence-electron chi connectivity index (χ1n) is 10.7. The number of aliphatic imine (C=N–C) groups is 1. The number of hydrogen-bond donors (Lipinski definition) is 3. The van der Waals surface area contributed by atoms with Crippen LogP contribution in [0.5, 0.6) is 0 Å². The molecule has 202 valence electrons. The molecule has 0 saturated carbocycles. The smallest absolute Gasteiger partial charge is 0.744 e. The van der Waals surface area contributed by atoms with Crippen LogP contribution in [-0.2, 0) is 30.4 Å². The van der Waals surface area contributed by atoms with E-state index in [1.165, 1.54) is 36.4 Å². The first-order chi connectivity index (χ1) is 15.9. The summed E-state index contributed by atoms with van der Waals surface area (Å²) in [6.45, 7) is 11.4. The van der Waals surface area contributed by atoms with Crippen LogP contribution in [-0.4, -0.2) is 37.4 Å². The SMILES string of the molecule is C.CC1=Nc2ccc(S(=O)(=O)[O-])cc2C1(C)C.CCC(C)C(C)=O.NNc1ccc(S(=O)(=O)O)cc1.[K+]. The summed E-state index contributed by atoms with van der Waals surface area (Å²) >= 11 is 0. The molecule has 1 heterocycles. The molecule has 1 aliphatic heterocycles. The summed E-state index contributed by atoms with van der Waals surface area (Å²) < 4.78 is 62.4. The van der Waals surface area contributed by atoms with Crippen molar-refractivity contribution >= 4 is 43.1 Å². The van der Waals surface area contributed by atoms with Crippen LogP contribution >= 0.6 is 0 Å². The number of nitrogens with zero attached hydrogens (tertiary/aromatic N) is 1. The monoisotopic (exact) mass is 581 g/mol. The molecule has 0 saturated heterocycles. The van der Waals surface area contributed by atoms with E-state index < -0.39 is 20.2 Å². The predicted molar refractivity (Wildman–Crippen MR) is 141 cm³/mol. The molecule has 0 amide bonds. The average Bonchev–Trinajstić information content (AvgIpc) is 3.00. The second kappa shape index (κ2) is 15.6. The molecular weight excluding hydrogens is 546 g/mol. The summed E-state index contributed by atoms with van der Waals surface area (Å²) in [6, 6.07) is 9.72. The maximum atomic E-state index is 10.9. The number of nitrogen functional groups attached to an aromatic ring is 1. The third-order valence-corrected chi connectivity index (χ3v) is 7.45. The number of Topliss-reactive ketones (excluding diaryl/α,β-unsaturated/α-hetero) is 1. The Hall–Kier alpha value is -1.00. The summed E-state index contributed by atoms with van der Waals surface area (Å²) in [6.07, 6.45) is 0.968. The normalized spacial score (nSPS) is 14.0. The molecule has 2 aromatic carbocycles. The van der Waals surface area contributed by atoms with Gasteiger partial charge in [0.05, 0.1) is 15.5 Å². The van der Waals surface area contributed by atoms with Gasteiger partial charge in [-0.1, -0.05) is 35.1 Å². The van der Waals surface area contributed by atoms with Gasteiger partial charge in [0.15, 0.2) is 0 Å². The van der Waals surface area contributed by atoms with Crippen LogP contribution in [0.3, 0.4) is 0 Å². The zero-order valence-corrected chi connectivity index (χ0v) is 26.3. The Kier molecular flexibility index (Phi) is 16.0. The van der Waals surface area contributed by atoms with Crippen molar-refractivity contribution in [3.8, 4) is 0 Å². The van der Waals surface area contributed by atoms with Crippen molar-refractivity contribution in [1.29, 1.82) is 0 Å². The van der Waals surface area contributed by atoms with Crippen molar-refractivity contribution in [2.45, 2.75) is 70.6 Å². The minimum Gasteiger partial charge on any atom is -0.744 e. The van der Waals surface area contributed by atoms with Gasteiger partial charge in [-0.15, -0.1) is 0 Å². The standard InChI is InChI=1S/C11H13NO3S.C6H8N2O3S.C6H12O.CH4.K/c1-7-11(2,3)9-6-8(16(13,14)15)4-5-10(9)12-7;7-8-5-1-3-6(4-2-5)12(9,10)11;1-4-5(2)6(3)7;;/h4-6H,1-3H3,(H,13,14,15);1-4,8H,7H2,(H,9,10,11);5H,4H2,1-3H3;1H4;/q;;;;+1/p-1. The first-order valence-corrected chi connectivity index (χ1v) is 13.5. The van der Waals surface area contributed by atoms with Crippen LogP contribution in [0.2, 0.25) is 0 Å². The Morgan fingerprint density at radius 2 is 1.59 bits per heavy atom. The second-order valence-electron chi connectivity index (χ2n) is 8.52. The number of nitrogens with two attached hydrogens (primary N) is 1. The molecule has 0 spiro atoms. The van der Waals surface area contributed by atoms with Crippen LogP contribution in [0, 0.1) is 5.92 Å². The van der Waals surface area contributed by atoms with Crippen LogP contribution < -0.4 is 62.7 Å². The second-order valence-corrected chi connectivity index (χ2v) is 11.3. The summed E-state index contributed by atoms with van der Waals surface area (Å²) in [5, 5.41) is 0. The minimum absolute atomic E-state index is 0. The number of benzene rings is 2. The van der Waals surface area contributed by atoms with Gasteiger partial charge in [-0.05, 0) is 68.3 Å². The Bertz CT molecular complexity index is 1290. The van der Waals surface area contributed by atoms with E-state index in [9.17, 15) is 26.2 Å². The number of nitrogens with one attached hydrogen (secondary N) is 1. The third-order valence-electron chi connectivity index (χ3n) is 5.75. The molecule has 0 fully saturated rings. The molecule has 1 atom stereocenters. The van der Waals surface area contributed by atoms with E-state index >= 15 is 0 Å². The van der Waals surface area contributed by atoms with E-state index in [0.717, 1.165) is 23.4 Å². The molecule has 10 nitrogen and oxygen atoms in total. The van der Waals surface area contributed by atoms with Crippen LogP contribution in [0.4, 0.5) is 11.4 Å². The van der Waals surface area contributed by atoms with E-state index in [-0.39, 0.29) is 79.9 Å². The fourth-order valence-corrected chi connectivity index (χ4v) is 3.77. The summed E-state index contributed by atoms with van der Waals surface area (Å²) in [5.74, 6) is 5.60. The van der Waals surface area contributed by atoms with E-state index in [1.54, 1.807) is 13.0 Å². The average molecular weight is 582 g/mol. The molecule has 4 N–H and O–H groups in total. The maximum absolute atomic E-state index is 10.9. The number of carbonyl (C=O) groups excluding carboxylic acids is 1. The number of hydrazine groups is 1. The van der Waals surface area contributed by atoms with Gasteiger partial charge in [-0.25, -0.2) is 8.42 Å². The molecule has 0 aliphatic carbocycles. The summed E-state index contributed by atoms with van der Waals surface area (Å²) in [7, 11) is -8.49. The molecular formula is C24H36KN3O7S2. The number of rotatable bonds is 5. The zero-order chi connectivity index (χ0) is 27.2.